The van der Waals surface area contributed by atoms with Gasteiger partial charge in [0.25, 0.3) is 0 Å². The van der Waals surface area contributed by atoms with E-state index in [9.17, 15) is 0 Å². The van der Waals surface area contributed by atoms with E-state index in [2.05, 4.69) is 45.5 Å². The highest BCUT2D eigenvalue weighted by Gasteiger charge is 2.14. The van der Waals surface area contributed by atoms with Crippen LogP contribution in [0.15, 0.2) is 28.7 Å². The molecule has 1 aliphatic heterocycles. The monoisotopic (exact) mass is 308 g/mol. The van der Waals surface area contributed by atoms with Gasteiger partial charge in [0.1, 0.15) is 0 Å². The molecule has 1 N–H and O–H groups in total. The van der Waals surface area contributed by atoms with Crippen molar-refractivity contribution in [1.82, 2.24) is 10.3 Å². The third-order valence-electron chi connectivity index (χ3n) is 2.89. The predicted octanol–water partition coefficient (Wildman–Crippen LogP) is 3.14. The highest BCUT2D eigenvalue weighted by molar-refractivity contribution is 9.10. The number of aromatic nitrogens is 1. The molecule has 3 rings (SSSR count). The fourth-order valence-electron chi connectivity index (χ4n) is 2.08. The van der Waals surface area contributed by atoms with Gasteiger partial charge in [0.15, 0.2) is 0 Å². The van der Waals surface area contributed by atoms with Crippen molar-refractivity contribution in [2.75, 3.05) is 6.54 Å². The molecule has 0 saturated heterocycles. The third-order valence-corrected chi connectivity index (χ3v) is 4.48. The van der Waals surface area contributed by atoms with E-state index >= 15 is 0 Å². The Kier molecular flexibility index (Phi) is 3.27. The largest absolute Gasteiger partial charge is 0.311 e. The van der Waals surface area contributed by atoms with Crippen LogP contribution in [0.25, 0.3) is 0 Å². The molecule has 1 aromatic heterocycles. The number of hydrogen-bond donors (Lipinski definition) is 1. The average Bonchev–Trinajstić information content (AvgIpc) is 2.71. The molecule has 0 bridgehead atoms. The fraction of sp³-hybridized carbons (Fsp3) is 0.308. The first-order valence-corrected chi connectivity index (χ1v) is 7.35. The lowest BCUT2D eigenvalue weighted by Gasteiger charge is -2.09. The second kappa shape index (κ2) is 4.88. The van der Waals surface area contributed by atoms with Crippen LogP contribution in [0.1, 0.15) is 21.1 Å². The summed E-state index contributed by atoms with van der Waals surface area (Å²) in [4.78, 5) is 6.16. The molecule has 0 atom stereocenters. The van der Waals surface area contributed by atoms with Crippen molar-refractivity contribution in [3.8, 4) is 0 Å². The summed E-state index contributed by atoms with van der Waals surface area (Å²) in [5, 5.41) is 4.62. The number of thiazole rings is 1. The summed E-state index contributed by atoms with van der Waals surface area (Å²) in [5.41, 5.74) is 2.62. The topological polar surface area (TPSA) is 24.9 Å². The number of hydrogen-bond acceptors (Lipinski definition) is 3. The Hall–Kier alpha value is -0.710. The van der Waals surface area contributed by atoms with E-state index in [-0.39, 0.29) is 0 Å². The number of nitrogens with zero attached hydrogens (tertiary/aromatic N) is 1. The normalized spacial score (nSPS) is 14.6. The van der Waals surface area contributed by atoms with Crippen LogP contribution in [-0.2, 0) is 19.4 Å². The van der Waals surface area contributed by atoms with Gasteiger partial charge in [-0.05, 0) is 17.7 Å². The van der Waals surface area contributed by atoms with Crippen LogP contribution in [-0.4, -0.2) is 11.5 Å². The summed E-state index contributed by atoms with van der Waals surface area (Å²) in [6, 6.07) is 8.46. The third kappa shape index (κ3) is 2.59. The Balaban J connectivity index is 1.83. The van der Waals surface area contributed by atoms with Gasteiger partial charge in [0.2, 0.25) is 0 Å². The zero-order valence-corrected chi connectivity index (χ0v) is 11.8. The second-order valence-corrected chi connectivity index (χ2v) is 6.29. The first-order valence-electron chi connectivity index (χ1n) is 5.74. The minimum Gasteiger partial charge on any atom is -0.311 e. The minimum atomic E-state index is 0.942. The molecule has 2 aromatic rings. The quantitative estimate of drug-likeness (QED) is 0.922. The maximum atomic E-state index is 4.74. The summed E-state index contributed by atoms with van der Waals surface area (Å²) >= 11 is 5.35. The Labute approximate surface area is 113 Å². The SMILES string of the molecule is Brc1cccc(Cc2nc3c(s2)CNCC3)c1. The summed E-state index contributed by atoms with van der Waals surface area (Å²) in [6.45, 7) is 2.05. The zero-order chi connectivity index (χ0) is 11.7. The molecule has 0 amide bonds. The molecule has 0 fully saturated rings. The van der Waals surface area contributed by atoms with E-state index in [0.29, 0.717) is 0 Å². The first-order chi connectivity index (χ1) is 8.31. The Bertz CT molecular complexity index is 512. The van der Waals surface area contributed by atoms with Crippen LogP contribution in [0.3, 0.4) is 0 Å². The van der Waals surface area contributed by atoms with Crippen molar-refractivity contribution in [3.63, 3.8) is 0 Å². The van der Waals surface area contributed by atoms with E-state index in [4.69, 9.17) is 4.98 Å². The smallest absolute Gasteiger partial charge is 0.0975 e. The van der Waals surface area contributed by atoms with Crippen LogP contribution in [0.4, 0.5) is 0 Å². The van der Waals surface area contributed by atoms with Crippen molar-refractivity contribution < 1.29 is 0 Å². The van der Waals surface area contributed by atoms with Crippen LogP contribution < -0.4 is 5.32 Å². The molecule has 0 saturated carbocycles. The molecule has 2 heterocycles. The van der Waals surface area contributed by atoms with E-state index in [1.807, 2.05) is 11.3 Å². The zero-order valence-electron chi connectivity index (χ0n) is 9.37. The number of nitrogens with one attached hydrogen (secondary N) is 1. The molecule has 0 radical (unpaired) electrons. The van der Waals surface area contributed by atoms with E-state index in [1.54, 1.807) is 0 Å². The lowest BCUT2D eigenvalue weighted by molar-refractivity contribution is 0.643. The molecule has 17 heavy (non-hydrogen) atoms. The molecule has 1 aliphatic rings. The molecule has 4 heteroatoms. The van der Waals surface area contributed by atoms with Gasteiger partial charge in [0.05, 0.1) is 10.7 Å². The Morgan fingerprint density at radius 1 is 1.41 bits per heavy atom. The highest BCUT2D eigenvalue weighted by Crippen LogP contribution is 2.24. The summed E-state index contributed by atoms with van der Waals surface area (Å²) < 4.78 is 1.14. The van der Waals surface area contributed by atoms with Gasteiger partial charge in [-0.3, -0.25) is 0 Å². The summed E-state index contributed by atoms with van der Waals surface area (Å²) in [7, 11) is 0. The lowest BCUT2D eigenvalue weighted by atomic mass is 10.1. The summed E-state index contributed by atoms with van der Waals surface area (Å²) in [5.74, 6) is 0. The molecular formula is C13H13BrN2S. The first kappa shape index (κ1) is 11.4. The molecule has 2 nitrogen and oxygen atoms in total. The van der Waals surface area contributed by atoms with Crippen molar-refractivity contribution in [3.05, 3.63) is 49.9 Å². The number of rotatable bonds is 2. The highest BCUT2D eigenvalue weighted by atomic mass is 79.9. The van der Waals surface area contributed by atoms with Crippen molar-refractivity contribution >= 4 is 27.3 Å². The maximum Gasteiger partial charge on any atom is 0.0975 e. The molecule has 88 valence electrons. The number of fused-ring (bicyclic) bond motifs is 1. The lowest BCUT2D eigenvalue weighted by Crippen LogP contribution is -2.22. The molecule has 1 aromatic carbocycles. The van der Waals surface area contributed by atoms with Crippen molar-refractivity contribution in [2.24, 2.45) is 0 Å². The van der Waals surface area contributed by atoms with Crippen LogP contribution >= 0.6 is 27.3 Å². The van der Waals surface area contributed by atoms with Gasteiger partial charge in [-0.1, -0.05) is 28.1 Å². The fourth-order valence-corrected chi connectivity index (χ4v) is 3.64. The van der Waals surface area contributed by atoms with Gasteiger partial charge in [-0.2, -0.15) is 0 Å². The number of halogens is 1. The van der Waals surface area contributed by atoms with Gasteiger partial charge < -0.3 is 5.32 Å². The van der Waals surface area contributed by atoms with Gasteiger partial charge in [0, 0.05) is 35.3 Å². The Morgan fingerprint density at radius 3 is 3.18 bits per heavy atom. The Morgan fingerprint density at radius 2 is 2.35 bits per heavy atom. The van der Waals surface area contributed by atoms with Crippen molar-refractivity contribution in [2.45, 2.75) is 19.4 Å². The molecule has 0 unspecified atom stereocenters. The molecular weight excluding hydrogens is 296 g/mol. The van der Waals surface area contributed by atoms with E-state index in [0.717, 1.165) is 30.4 Å². The molecule has 0 spiro atoms. The molecule has 0 aliphatic carbocycles. The van der Waals surface area contributed by atoms with Crippen LogP contribution in [0.2, 0.25) is 0 Å². The van der Waals surface area contributed by atoms with Crippen LogP contribution in [0, 0.1) is 0 Å². The maximum absolute atomic E-state index is 4.74. The second-order valence-electron chi connectivity index (χ2n) is 4.21. The predicted molar refractivity (Wildman–Crippen MR) is 74.5 cm³/mol. The van der Waals surface area contributed by atoms with Gasteiger partial charge in [-0.25, -0.2) is 4.98 Å². The standard InChI is InChI=1S/C13H13BrN2S/c14-10-3-1-2-9(6-10)7-13-16-11-4-5-15-8-12(11)17-13/h1-3,6,15H,4-5,7-8H2. The minimum absolute atomic E-state index is 0.942. The summed E-state index contributed by atoms with van der Waals surface area (Å²) in [6.07, 6.45) is 2.02. The van der Waals surface area contributed by atoms with Gasteiger partial charge in [-0.15, -0.1) is 11.3 Å². The number of benzene rings is 1. The average molecular weight is 309 g/mol. The van der Waals surface area contributed by atoms with E-state index in [1.165, 1.54) is 21.1 Å². The van der Waals surface area contributed by atoms with Crippen LogP contribution in [0.5, 0.6) is 0 Å². The van der Waals surface area contributed by atoms with Crippen molar-refractivity contribution in [1.29, 1.82) is 0 Å². The van der Waals surface area contributed by atoms with Gasteiger partial charge >= 0.3 is 0 Å². The van der Waals surface area contributed by atoms with E-state index < -0.39 is 0 Å².